The summed E-state index contributed by atoms with van der Waals surface area (Å²) in [5.74, 6) is 0.748. The summed E-state index contributed by atoms with van der Waals surface area (Å²) in [7, 11) is 0. The Labute approximate surface area is 131 Å². The molecule has 0 saturated carbocycles. The topological polar surface area (TPSA) is 24.5 Å². The van der Waals surface area contributed by atoms with Gasteiger partial charge in [0, 0.05) is 24.7 Å². The molecule has 2 fully saturated rings. The van der Waals surface area contributed by atoms with Crippen molar-refractivity contribution in [2.45, 2.75) is 90.4 Å². The summed E-state index contributed by atoms with van der Waals surface area (Å²) in [6.45, 7) is 12.7. The Bertz CT molecular complexity index is 283. The number of nitrogens with one attached hydrogen (secondary N) is 1. The summed E-state index contributed by atoms with van der Waals surface area (Å²) in [4.78, 5) is 2.61. The largest absolute Gasteiger partial charge is 0.378 e. The van der Waals surface area contributed by atoms with E-state index in [9.17, 15) is 0 Å². The minimum atomic E-state index is 0.488. The van der Waals surface area contributed by atoms with Gasteiger partial charge < -0.3 is 15.0 Å². The summed E-state index contributed by atoms with van der Waals surface area (Å²) in [5.41, 5.74) is 0. The number of hydrogen-bond donors (Lipinski definition) is 1. The molecule has 0 unspecified atom stereocenters. The van der Waals surface area contributed by atoms with Crippen LogP contribution in [0.5, 0.6) is 0 Å². The van der Waals surface area contributed by atoms with Crippen molar-refractivity contribution in [1.29, 1.82) is 0 Å². The fourth-order valence-electron chi connectivity index (χ4n) is 4.04. The van der Waals surface area contributed by atoms with Crippen LogP contribution in [0.25, 0.3) is 0 Å². The van der Waals surface area contributed by atoms with Crippen LogP contribution in [-0.4, -0.2) is 48.8 Å². The van der Waals surface area contributed by atoms with Crippen LogP contribution in [-0.2, 0) is 4.74 Å². The zero-order valence-electron chi connectivity index (χ0n) is 14.6. The van der Waals surface area contributed by atoms with Gasteiger partial charge in [0.05, 0.1) is 6.10 Å². The first-order chi connectivity index (χ1) is 10.1. The van der Waals surface area contributed by atoms with Crippen molar-refractivity contribution < 1.29 is 4.74 Å². The van der Waals surface area contributed by atoms with Gasteiger partial charge in [-0.15, -0.1) is 0 Å². The third-order valence-electron chi connectivity index (χ3n) is 5.62. The van der Waals surface area contributed by atoms with E-state index >= 15 is 0 Å². The van der Waals surface area contributed by atoms with Crippen LogP contribution in [0.2, 0.25) is 0 Å². The second kappa shape index (κ2) is 8.50. The lowest BCUT2D eigenvalue weighted by Gasteiger charge is -2.39. The van der Waals surface area contributed by atoms with Crippen molar-refractivity contribution in [2.24, 2.45) is 5.92 Å². The molecule has 0 aromatic carbocycles. The van der Waals surface area contributed by atoms with Crippen LogP contribution < -0.4 is 5.32 Å². The van der Waals surface area contributed by atoms with E-state index in [0.29, 0.717) is 18.2 Å². The predicted molar refractivity (Wildman–Crippen MR) is 89.7 cm³/mol. The molecule has 124 valence electrons. The van der Waals surface area contributed by atoms with Crippen molar-refractivity contribution >= 4 is 0 Å². The average molecular weight is 296 g/mol. The standard InChI is InChI=1S/C18H36N2O/c1-5-15(6-2)18-13-17(9-12-21-18)19-16-7-10-20(11-8-16)14(3)4/h14-19H,5-13H2,1-4H3/t17-,18+/m0/s1. The maximum Gasteiger partial charge on any atom is 0.0617 e. The van der Waals surface area contributed by atoms with E-state index in [0.717, 1.165) is 18.6 Å². The summed E-state index contributed by atoms with van der Waals surface area (Å²) in [6, 6.07) is 2.11. The second-order valence-corrected chi connectivity index (χ2v) is 7.28. The molecule has 0 radical (unpaired) electrons. The van der Waals surface area contributed by atoms with Gasteiger partial charge in [0.15, 0.2) is 0 Å². The first-order valence-corrected chi connectivity index (χ1v) is 9.25. The van der Waals surface area contributed by atoms with Crippen molar-refractivity contribution in [2.75, 3.05) is 19.7 Å². The highest BCUT2D eigenvalue weighted by atomic mass is 16.5. The quantitative estimate of drug-likeness (QED) is 0.812. The van der Waals surface area contributed by atoms with Gasteiger partial charge in [-0.1, -0.05) is 26.7 Å². The maximum absolute atomic E-state index is 6.04. The highest BCUT2D eigenvalue weighted by Crippen LogP contribution is 2.26. The molecule has 2 heterocycles. The predicted octanol–water partition coefficient (Wildman–Crippen LogP) is 3.43. The van der Waals surface area contributed by atoms with Crippen LogP contribution in [0.15, 0.2) is 0 Å². The molecule has 2 atom stereocenters. The van der Waals surface area contributed by atoms with Gasteiger partial charge in [-0.05, 0) is 58.5 Å². The molecule has 0 bridgehead atoms. The Hall–Kier alpha value is -0.120. The van der Waals surface area contributed by atoms with Crippen molar-refractivity contribution in [3.63, 3.8) is 0 Å². The highest BCUT2D eigenvalue weighted by Gasteiger charge is 2.29. The van der Waals surface area contributed by atoms with Gasteiger partial charge in [-0.3, -0.25) is 0 Å². The molecule has 2 saturated heterocycles. The highest BCUT2D eigenvalue weighted by molar-refractivity contribution is 4.86. The number of nitrogens with zero attached hydrogens (tertiary/aromatic N) is 1. The molecule has 2 aliphatic rings. The van der Waals surface area contributed by atoms with Crippen molar-refractivity contribution in [3.8, 4) is 0 Å². The smallest absolute Gasteiger partial charge is 0.0617 e. The van der Waals surface area contributed by atoms with E-state index in [1.54, 1.807) is 0 Å². The average Bonchev–Trinajstić information content (AvgIpc) is 2.49. The van der Waals surface area contributed by atoms with Gasteiger partial charge >= 0.3 is 0 Å². The van der Waals surface area contributed by atoms with Crippen molar-refractivity contribution in [3.05, 3.63) is 0 Å². The molecule has 0 aromatic rings. The van der Waals surface area contributed by atoms with Gasteiger partial charge in [-0.25, -0.2) is 0 Å². The van der Waals surface area contributed by atoms with E-state index in [4.69, 9.17) is 4.74 Å². The molecule has 21 heavy (non-hydrogen) atoms. The second-order valence-electron chi connectivity index (χ2n) is 7.28. The molecule has 0 amide bonds. The third kappa shape index (κ3) is 4.94. The summed E-state index contributed by atoms with van der Waals surface area (Å²) < 4.78 is 6.04. The lowest BCUT2D eigenvalue weighted by Crippen LogP contribution is -2.50. The van der Waals surface area contributed by atoms with Gasteiger partial charge in [0.2, 0.25) is 0 Å². The Kier molecular flexibility index (Phi) is 6.97. The van der Waals surface area contributed by atoms with Crippen LogP contribution in [0, 0.1) is 5.92 Å². The minimum absolute atomic E-state index is 0.488. The fourth-order valence-corrected chi connectivity index (χ4v) is 4.04. The van der Waals surface area contributed by atoms with Gasteiger partial charge in [0.25, 0.3) is 0 Å². The summed E-state index contributed by atoms with van der Waals surface area (Å²) in [5, 5.41) is 3.94. The van der Waals surface area contributed by atoms with Gasteiger partial charge in [0.1, 0.15) is 0 Å². The molecule has 1 N–H and O–H groups in total. The molecular weight excluding hydrogens is 260 g/mol. The Morgan fingerprint density at radius 2 is 1.71 bits per heavy atom. The van der Waals surface area contributed by atoms with Crippen LogP contribution in [0.1, 0.15) is 66.2 Å². The summed E-state index contributed by atoms with van der Waals surface area (Å²) >= 11 is 0. The molecule has 0 spiro atoms. The van der Waals surface area contributed by atoms with E-state index in [1.165, 1.54) is 51.6 Å². The Balaban J connectivity index is 1.75. The Morgan fingerprint density at radius 1 is 1.05 bits per heavy atom. The number of piperidine rings is 1. The normalized spacial score (nSPS) is 29.4. The lowest BCUT2D eigenvalue weighted by molar-refractivity contribution is -0.0373. The Morgan fingerprint density at radius 3 is 2.29 bits per heavy atom. The molecule has 3 nitrogen and oxygen atoms in total. The SMILES string of the molecule is CCC(CC)[C@H]1C[C@@H](NC2CCN(C(C)C)CC2)CCO1. The fraction of sp³-hybridized carbons (Fsp3) is 1.00. The first-order valence-electron chi connectivity index (χ1n) is 9.25. The third-order valence-corrected chi connectivity index (χ3v) is 5.62. The number of rotatable bonds is 6. The van der Waals surface area contributed by atoms with Crippen LogP contribution >= 0.6 is 0 Å². The number of hydrogen-bond acceptors (Lipinski definition) is 3. The lowest BCUT2D eigenvalue weighted by atomic mass is 9.88. The summed E-state index contributed by atoms with van der Waals surface area (Å²) in [6.07, 6.45) is 8.03. The molecule has 3 heteroatoms. The first kappa shape index (κ1) is 17.2. The van der Waals surface area contributed by atoms with E-state index in [-0.39, 0.29) is 0 Å². The van der Waals surface area contributed by atoms with E-state index in [2.05, 4.69) is 37.9 Å². The maximum atomic E-state index is 6.04. The minimum Gasteiger partial charge on any atom is -0.378 e. The van der Waals surface area contributed by atoms with E-state index in [1.807, 2.05) is 0 Å². The van der Waals surface area contributed by atoms with E-state index < -0.39 is 0 Å². The van der Waals surface area contributed by atoms with Crippen LogP contribution in [0.4, 0.5) is 0 Å². The zero-order chi connectivity index (χ0) is 15.2. The number of likely N-dealkylation sites (tertiary alicyclic amines) is 1. The van der Waals surface area contributed by atoms with Crippen LogP contribution in [0.3, 0.4) is 0 Å². The molecule has 2 aliphatic heterocycles. The molecule has 0 aromatic heterocycles. The molecular formula is C18H36N2O. The monoisotopic (exact) mass is 296 g/mol. The zero-order valence-corrected chi connectivity index (χ0v) is 14.6. The molecule has 2 rings (SSSR count). The number of ether oxygens (including phenoxy) is 1. The molecule has 0 aliphatic carbocycles. The van der Waals surface area contributed by atoms with Gasteiger partial charge in [-0.2, -0.15) is 0 Å². The van der Waals surface area contributed by atoms with Crippen molar-refractivity contribution in [1.82, 2.24) is 10.2 Å².